The number of aryl methyl sites for hydroxylation is 2. The van der Waals surface area contributed by atoms with Crippen LogP contribution in [0.1, 0.15) is 25.6 Å². The molecular weight excluding hydrogens is 298 g/mol. The van der Waals surface area contributed by atoms with Crippen LogP contribution in [-0.2, 0) is 13.0 Å². The summed E-state index contributed by atoms with van der Waals surface area (Å²) in [5, 5.41) is 3.46. The second kappa shape index (κ2) is 7.86. The summed E-state index contributed by atoms with van der Waals surface area (Å²) >= 11 is 0. The molecule has 1 heterocycles. The SMILES string of the molecule is CCc1nc2ccccc2n1CCCCNc1ccc(OC)cc1. The minimum Gasteiger partial charge on any atom is -0.497 e. The largest absolute Gasteiger partial charge is 0.497 e. The maximum atomic E-state index is 5.17. The minimum atomic E-state index is 0.889. The van der Waals surface area contributed by atoms with Gasteiger partial charge in [0.1, 0.15) is 11.6 Å². The molecule has 0 saturated heterocycles. The van der Waals surface area contributed by atoms with Crippen molar-refractivity contribution >= 4 is 16.7 Å². The topological polar surface area (TPSA) is 39.1 Å². The summed E-state index contributed by atoms with van der Waals surface area (Å²) in [5.41, 5.74) is 3.49. The number of para-hydroxylation sites is 2. The van der Waals surface area contributed by atoms with Crippen molar-refractivity contribution in [3.05, 3.63) is 54.4 Å². The Labute approximate surface area is 143 Å². The molecule has 3 rings (SSSR count). The zero-order valence-corrected chi connectivity index (χ0v) is 14.5. The number of aromatic nitrogens is 2. The Morgan fingerprint density at radius 2 is 1.83 bits per heavy atom. The van der Waals surface area contributed by atoms with Crippen molar-refractivity contribution < 1.29 is 4.74 Å². The average molecular weight is 323 g/mol. The van der Waals surface area contributed by atoms with Gasteiger partial charge < -0.3 is 14.6 Å². The third-order valence-electron chi connectivity index (χ3n) is 4.28. The van der Waals surface area contributed by atoms with Gasteiger partial charge in [-0.25, -0.2) is 4.98 Å². The quantitative estimate of drug-likeness (QED) is 0.620. The lowest BCUT2D eigenvalue weighted by atomic mass is 10.2. The van der Waals surface area contributed by atoms with Crippen LogP contribution in [0.3, 0.4) is 0 Å². The lowest BCUT2D eigenvalue weighted by molar-refractivity contribution is 0.415. The molecule has 0 atom stereocenters. The average Bonchev–Trinajstić information content (AvgIpc) is 3.00. The number of fused-ring (bicyclic) bond motifs is 1. The summed E-state index contributed by atoms with van der Waals surface area (Å²) in [6, 6.07) is 16.5. The summed E-state index contributed by atoms with van der Waals surface area (Å²) in [7, 11) is 1.69. The molecule has 2 aromatic carbocycles. The Bertz CT molecular complexity index is 777. The molecule has 0 bridgehead atoms. The molecule has 4 nitrogen and oxygen atoms in total. The van der Waals surface area contributed by atoms with Crippen molar-refractivity contribution in [2.24, 2.45) is 0 Å². The molecule has 126 valence electrons. The number of hydrogen-bond acceptors (Lipinski definition) is 3. The van der Waals surface area contributed by atoms with E-state index in [1.807, 2.05) is 12.1 Å². The summed E-state index contributed by atoms with van der Waals surface area (Å²) in [6.45, 7) is 4.16. The summed E-state index contributed by atoms with van der Waals surface area (Å²) < 4.78 is 7.54. The zero-order valence-electron chi connectivity index (χ0n) is 14.5. The number of ether oxygens (including phenoxy) is 1. The van der Waals surface area contributed by atoms with Gasteiger partial charge in [-0.15, -0.1) is 0 Å². The maximum absolute atomic E-state index is 5.17. The van der Waals surface area contributed by atoms with Gasteiger partial charge in [0.25, 0.3) is 0 Å². The van der Waals surface area contributed by atoms with Gasteiger partial charge in [-0.1, -0.05) is 19.1 Å². The molecule has 0 aliphatic heterocycles. The van der Waals surface area contributed by atoms with Gasteiger partial charge in [-0.05, 0) is 49.2 Å². The molecule has 0 fully saturated rings. The Kier molecular flexibility index (Phi) is 5.36. The monoisotopic (exact) mass is 323 g/mol. The molecule has 1 aromatic heterocycles. The number of methoxy groups -OCH3 is 1. The third kappa shape index (κ3) is 3.70. The van der Waals surface area contributed by atoms with Crippen LogP contribution in [0.4, 0.5) is 5.69 Å². The van der Waals surface area contributed by atoms with Gasteiger partial charge in [0.2, 0.25) is 0 Å². The van der Waals surface area contributed by atoms with E-state index >= 15 is 0 Å². The van der Waals surface area contributed by atoms with E-state index in [9.17, 15) is 0 Å². The van der Waals surface area contributed by atoms with Crippen LogP contribution in [0.15, 0.2) is 48.5 Å². The Morgan fingerprint density at radius 1 is 1.04 bits per heavy atom. The maximum Gasteiger partial charge on any atom is 0.119 e. The van der Waals surface area contributed by atoms with Gasteiger partial charge in [0, 0.05) is 25.2 Å². The number of nitrogens with zero attached hydrogens (tertiary/aromatic N) is 2. The van der Waals surface area contributed by atoms with Crippen molar-refractivity contribution in [2.75, 3.05) is 19.0 Å². The fourth-order valence-corrected chi connectivity index (χ4v) is 2.98. The standard InChI is InChI=1S/C20H25N3O/c1-3-20-22-18-8-4-5-9-19(18)23(20)15-7-6-14-21-16-10-12-17(24-2)13-11-16/h4-5,8-13,21H,3,6-7,14-15H2,1-2H3. The van der Waals surface area contributed by atoms with Gasteiger partial charge in [0.15, 0.2) is 0 Å². The molecule has 0 unspecified atom stereocenters. The van der Waals surface area contributed by atoms with Crippen LogP contribution in [0, 0.1) is 0 Å². The fraction of sp³-hybridized carbons (Fsp3) is 0.350. The first kappa shape index (κ1) is 16.4. The van der Waals surface area contributed by atoms with E-state index in [1.54, 1.807) is 7.11 Å². The van der Waals surface area contributed by atoms with Gasteiger partial charge in [-0.2, -0.15) is 0 Å². The second-order valence-corrected chi connectivity index (χ2v) is 5.88. The van der Waals surface area contributed by atoms with Crippen molar-refractivity contribution in [3.63, 3.8) is 0 Å². The number of imidazole rings is 1. The molecular formula is C20H25N3O. The highest BCUT2D eigenvalue weighted by Gasteiger charge is 2.07. The second-order valence-electron chi connectivity index (χ2n) is 5.88. The molecule has 0 aliphatic rings. The molecule has 4 heteroatoms. The highest BCUT2D eigenvalue weighted by atomic mass is 16.5. The van der Waals surface area contributed by atoms with Crippen molar-refractivity contribution in [1.82, 2.24) is 9.55 Å². The summed E-state index contributed by atoms with van der Waals surface area (Å²) in [6.07, 6.45) is 3.23. The van der Waals surface area contributed by atoms with Crippen molar-refractivity contribution in [3.8, 4) is 5.75 Å². The lowest BCUT2D eigenvalue weighted by Gasteiger charge is -2.10. The van der Waals surface area contributed by atoms with Crippen LogP contribution in [0.2, 0.25) is 0 Å². The number of rotatable bonds is 8. The number of nitrogens with one attached hydrogen (secondary N) is 1. The smallest absolute Gasteiger partial charge is 0.119 e. The highest BCUT2D eigenvalue weighted by Crippen LogP contribution is 2.18. The van der Waals surface area contributed by atoms with Crippen molar-refractivity contribution in [1.29, 1.82) is 0 Å². The molecule has 0 radical (unpaired) electrons. The van der Waals surface area contributed by atoms with E-state index < -0.39 is 0 Å². The van der Waals surface area contributed by atoms with E-state index in [-0.39, 0.29) is 0 Å². The first-order valence-corrected chi connectivity index (χ1v) is 8.64. The number of anilines is 1. The van der Waals surface area contributed by atoms with Crippen LogP contribution >= 0.6 is 0 Å². The Balaban J connectivity index is 1.51. The molecule has 0 amide bonds. The Hall–Kier alpha value is -2.49. The summed E-state index contributed by atoms with van der Waals surface area (Å²) in [4.78, 5) is 4.73. The zero-order chi connectivity index (χ0) is 16.8. The number of unbranched alkanes of at least 4 members (excludes halogenated alkanes) is 1. The molecule has 0 aliphatic carbocycles. The molecule has 0 spiro atoms. The fourth-order valence-electron chi connectivity index (χ4n) is 2.98. The van der Waals surface area contributed by atoms with Crippen molar-refractivity contribution in [2.45, 2.75) is 32.7 Å². The number of benzene rings is 2. The van der Waals surface area contributed by atoms with Crippen LogP contribution < -0.4 is 10.1 Å². The Morgan fingerprint density at radius 3 is 2.58 bits per heavy atom. The first-order valence-electron chi connectivity index (χ1n) is 8.64. The number of hydrogen-bond donors (Lipinski definition) is 1. The molecule has 3 aromatic rings. The highest BCUT2D eigenvalue weighted by molar-refractivity contribution is 5.75. The third-order valence-corrected chi connectivity index (χ3v) is 4.28. The lowest BCUT2D eigenvalue weighted by Crippen LogP contribution is -2.06. The van der Waals surface area contributed by atoms with Gasteiger partial charge in [-0.3, -0.25) is 0 Å². The van der Waals surface area contributed by atoms with E-state index in [1.165, 1.54) is 11.3 Å². The van der Waals surface area contributed by atoms with E-state index in [4.69, 9.17) is 9.72 Å². The predicted octanol–water partition coefficient (Wildman–Crippen LogP) is 4.50. The van der Waals surface area contributed by atoms with E-state index in [0.29, 0.717) is 0 Å². The van der Waals surface area contributed by atoms with Crippen LogP contribution in [0.5, 0.6) is 5.75 Å². The first-order chi connectivity index (χ1) is 11.8. The van der Waals surface area contributed by atoms with Crippen LogP contribution in [0.25, 0.3) is 11.0 Å². The molecule has 24 heavy (non-hydrogen) atoms. The molecule has 0 saturated carbocycles. The normalized spacial score (nSPS) is 10.9. The minimum absolute atomic E-state index is 0.889. The van der Waals surface area contributed by atoms with E-state index in [2.05, 4.69) is 53.2 Å². The predicted molar refractivity (Wildman–Crippen MR) is 99.8 cm³/mol. The summed E-state index contributed by atoms with van der Waals surface area (Å²) in [5.74, 6) is 2.07. The molecule has 1 N–H and O–H groups in total. The van der Waals surface area contributed by atoms with Crippen LogP contribution in [-0.4, -0.2) is 23.2 Å². The van der Waals surface area contributed by atoms with Gasteiger partial charge >= 0.3 is 0 Å². The van der Waals surface area contributed by atoms with E-state index in [0.717, 1.165) is 49.3 Å². The van der Waals surface area contributed by atoms with Gasteiger partial charge in [0.05, 0.1) is 18.1 Å².